The van der Waals surface area contributed by atoms with Gasteiger partial charge in [0, 0.05) is 32.2 Å². The van der Waals surface area contributed by atoms with Crippen LogP contribution in [0.4, 0.5) is 0 Å². The van der Waals surface area contributed by atoms with Gasteiger partial charge in [-0.3, -0.25) is 10.00 Å². The molecule has 1 fully saturated rings. The first-order valence-electron chi connectivity index (χ1n) is 5.75. The van der Waals surface area contributed by atoms with E-state index in [1.165, 1.54) is 16.6 Å². The van der Waals surface area contributed by atoms with Crippen molar-refractivity contribution >= 4 is 10.0 Å². The Morgan fingerprint density at radius 3 is 2.41 bits per heavy atom. The Labute approximate surface area is 102 Å². The molecule has 2 heterocycles. The lowest BCUT2D eigenvalue weighted by atomic mass is 10.3. The van der Waals surface area contributed by atoms with Gasteiger partial charge in [0.2, 0.25) is 0 Å². The fourth-order valence-corrected chi connectivity index (χ4v) is 3.31. The van der Waals surface area contributed by atoms with Crippen molar-refractivity contribution in [3.8, 4) is 0 Å². The predicted octanol–water partition coefficient (Wildman–Crippen LogP) is 0.124. The number of H-pyrrole nitrogens is 1. The number of aromatic nitrogens is 2. The monoisotopic (exact) mass is 258 g/mol. The average Bonchev–Trinajstić information content (AvgIpc) is 2.83. The lowest BCUT2D eigenvalue weighted by molar-refractivity contribution is 0.154. The summed E-state index contributed by atoms with van der Waals surface area (Å²) >= 11 is 0. The number of hydrogen-bond donors (Lipinski definition) is 1. The average molecular weight is 258 g/mol. The Morgan fingerprint density at radius 1 is 1.29 bits per heavy atom. The number of piperazine rings is 1. The molecule has 17 heavy (non-hydrogen) atoms. The molecule has 1 aromatic heterocycles. The van der Waals surface area contributed by atoms with E-state index in [1.54, 1.807) is 0 Å². The zero-order valence-corrected chi connectivity index (χ0v) is 10.9. The van der Waals surface area contributed by atoms with E-state index in [4.69, 9.17) is 0 Å². The van der Waals surface area contributed by atoms with E-state index in [0.717, 1.165) is 13.1 Å². The van der Waals surface area contributed by atoms with Crippen molar-refractivity contribution in [3.05, 3.63) is 12.3 Å². The maximum Gasteiger partial charge on any atom is 0.260 e. The largest absolute Gasteiger partial charge is 0.298 e. The highest BCUT2D eigenvalue weighted by Gasteiger charge is 2.29. The zero-order chi connectivity index (χ0) is 12.5. The van der Waals surface area contributed by atoms with Crippen molar-refractivity contribution in [2.45, 2.75) is 24.9 Å². The van der Waals surface area contributed by atoms with Crippen LogP contribution in [-0.2, 0) is 10.0 Å². The second kappa shape index (κ2) is 4.75. The minimum absolute atomic E-state index is 0.176. The Bertz CT molecular complexity index is 447. The van der Waals surface area contributed by atoms with Crippen LogP contribution in [0.5, 0.6) is 0 Å². The first kappa shape index (κ1) is 12.5. The minimum atomic E-state index is -3.38. The molecule has 7 heteroatoms. The Kier molecular flexibility index (Phi) is 3.50. The Hall–Kier alpha value is -0.920. The van der Waals surface area contributed by atoms with Gasteiger partial charge in [0.1, 0.15) is 0 Å². The minimum Gasteiger partial charge on any atom is -0.298 e. The molecule has 0 saturated carbocycles. The van der Waals surface area contributed by atoms with Gasteiger partial charge in [0.05, 0.1) is 6.20 Å². The van der Waals surface area contributed by atoms with Gasteiger partial charge in [-0.2, -0.15) is 9.40 Å². The van der Waals surface area contributed by atoms with E-state index in [0.29, 0.717) is 19.1 Å². The smallest absolute Gasteiger partial charge is 0.260 e. The molecule has 1 N–H and O–H groups in total. The van der Waals surface area contributed by atoms with E-state index in [2.05, 4.69) is 28.9 Å². The normalized spacial score (nSPS) is 19.9. The molecule has 0 radical (unpaired) electrons. The van der Waals surface area contributed by atoms with Crippen LogP contribution in [0.1, 0.15) is 13.8 Å². The van der Waals surface area contributed by atoms with Gasteiger partial charge in [-0.05, 0) is 19.9 Å². The summed E-state index contributed by atoms with van der Waals surface area (Å²) in [4.78, 5) is 2.28. The molecule has 0 unspecified atom stereocenters. The highest BCUT2D eigenvalue weighted by Crippen LogP contribution is 2.15. The first-order chi connectivity index (χ1) is 8.01. The van der Waals surface area contributed by atoms with Crippen molar-refractivity contribution in [2.24, 2.45) is 0 Å². The van der Waals surface area contributed by atoms with Crippen molar-refractivity contribution in [2.75, 3.05) is 26.2 Å². The van der Waals surface area contributed by atoms with E-state index in [9.17, 15) is 8.42 Å². The van der Waals surface area contributed by atoms with E-state index < -0.39 is 10.0 Å². The van der Waals surface area contributed by atoms with Crippen molar-refractivity contribution in [3.63, 3.8) is 0 Å². The molecule has 1 aliphatic rings. The number of sulfonamides is 1. The predicted molar refractivity (Wildman–Crippen MR) is 64.1 cm³/mol. The second-order valence-electron chi connectivity index (χ2n) is 4.45. The third-order valence-corrected chi connectivity index (χ3v) is 4.92. The fraction of sp³-hybridized carbons (Fsp3) is 0.700. The molecule has 1 saturated heterocycles. The molecular weight excluding hydrogens is 240 g/mol. The molecule has 0 aromatic carbocycles. The van der Waals surface area contributed by atoms with Crippen LogP contribution in [0, 0.1) is 0 Å². The summed E-state index contributed by atoms with van der Waals surface area (Å²) in [5.74, 6) is 0. The van der Waals surface area contributed by atoms with E-state index in [-0.39, 0.29) is 5.03 Å². The number of rotatable bonds is 3. The van der Waals surface area contributed by atoms with Gasteiger partial charge in [-0.15, -0.1) is 0 Å². The third-order valence-electron chi connectivity index (χ3n) is 3.10. The first-order valence-corrected chi connectivity index (χ1v) is 7.19. The number of nitrogens with zero attached hydrogens (tertiary/aromatic N) is 3. The van der Waals surface area contributed by atoms with Crippen molar-refractivity contribution in [1.29, 1.82) is 0 Å². The number of aromatic amines is 1. The van der Waals surface area contributed by atoms with Crippen LogP contribution in [-0.4, -0.2) is 60.0 Å². The Morgan fingerprint density at radius 2 is 1.94 bits per heavy atom. The van der Waals surface area contributed by atoms with Crippen LogP contribution >= 0.6 is 0 Å². The Balaban J connectivity index is 2.07. The van der Waals surface area contributed by atoms with Gasteiger partial charge in [-0.1, -0.05) is 0 Å². The second-order valence-corrected chi connectivity index (χ2v) is 6.36. The summed E-state index contributed by atoms with van der Waals surface area (Å²) in [6.07, 6.45) is 1.46. The maximum absolute atomic E-state index is 12.2. The number of nitrogens with one attached hydrogen (secondary N) is 1. The summed E-state index contributed by atoms with van der Waals surface area (Å²) in [5.41, 5.74) is 0. The van der Waals surface area contributed by atoms with Gasteiger partial charge >= 0.3 is 0 Å². The van der Waals surface area contributed by atoms with Crippen LogP contribution in [0.15, 0.2) is 17.3 Å². The molecule has 6 nitrogen and oxygen atoms in total. The summed E-state index contributed by atoms with van der Waals surface area (Å²) in [6.45, 7) is 6.90. The highest BCUT2D eigenvalue weighted by atomic mass is 32.2. The van der Waals surface area contributed by atoms with Gasteiger partial charge < -0.3 is 0 Å². The van der Waals surface area contributed by atoms with Gasteiger partial charge in [0.25, 0.3) is 10.0 Å². The molecule has 0 atom stereocenters. The molecular formula is C10H18N4O2S. The fourth-order valence-electron chi connectivity index (χ4n) is 1.99. The van der Waals surface area contributed by atoms with Crippen LogP contribution < -0.4 is 0 Å². The number of hydrogen-bond acceptors (Lipinski definition) is 4. The summed E-state index contributed by atoms with van der Waals surface area (Å²) in [5, 5.41) is 6.38. The maximum atomic E-state index is 12.2. The molecule has 1 aromatic rings. The summed E-state index contributed by atoms with van der Waals surface area (Å²) < 4.78 is 25.8. The zero-order valence-electron chi connectivity index (χ0n) is 10.1. The molecule has 1 aliphatic heterocycles. The van der Waals surface area contributed by atoms with Crippen LogP contribution in [0.2, 0.25) is 0 Å². The highest BCUT2D eigenvalue weighted by molar-refractivity contribution is 7.89. The van der Waals surface area contributed by atoms with E-state index >= 15 is 0 Å². The lowest BCUT2D eigenvalue weighted by Gasteiger charge is -2.35. The van der Waals surface area contributed by atoms with Crippen molar-refractivity contribution < 1.29 is 8.42 Å². The molecule has 96 valence electrons. The SMILES string of the molecule is CC(C)N1CCN(S(=O)(=O)c2ccn[nH]2)CC1. The molecule has 0 spiro atoms. The standard InChI is InChI=1S/C10H18N4O2S/c1-9(2)13-5-7-14(8-6-13)17(15,16)10-3-4-11-12-10/h3-4,9H,5-8H2,1-2H3,(H,11,12). The van der Waals surface area contributed by atoms with Gasteiger partial charge in [-0.25, -0.2) is 8.42 Å². The summed E-state index contributed by atoms with van der Waals surface area (Å²) in [7, 11) is -3.38. The van der Waals surface area contributed by atoms with Crippen LogP contribution in [0.25, 0.3) is 0 Å². The molecule has 0 bridgehead atoms. The molecule has 0 amide bonds. The van der Waals surface area contributed by atoms with E-state index in [1.807, 2.05) is 0 Å². The summed E-state index contributed by atoms with van der Waals surface area (Å²) in [6, 6.07) is 1.96. The van der Waals surface area contributed by atoms with Crippen LogP contribution in [0.3, 0.4) is 0 Å². The molecule has 0 aliphatic carbocycles. The van der Waals surface area contributed by atoms with Crippen molar-refractivity contribution in [1.82, 2.24) is 19.4 Å². The lowest BCUT2D eigenvalue weighted by Crippen LogP contribution is -2.50. The van der Waals surface area contributed by atoms with Gasteiger partial charge in [0.15, 0.2) is 5.03 Å². The topological polar surface area (TPSA) is 69.3 Å². The third kappa shape index (κ3) is 2.51. The quantitative estimate of drug-likeness (QED) is 0.836. The molecule has 2 rings (SSSR count).